The van der Waals surface area contributed by atoms with Crippen molar-refractivity contribution in [3.05, 3.63) is 0 Å². The van der Waals surface area contributed by atoms with Crippen molar-refractivity contribution in [3.8, 4) is 0 Å². The van der Waals surface area contributed by atoms with E-state index in [2.05, 4.69) is 17.1 Å². The van der Waals surface area contributed by atoms with E-state index >= 15 is 0 Å². The van der Waals surface area contributed by atoms with Crippen molar-refractivity contribution in [1.29, 1.82) is 0 Å². The minimum atomic E-state index is 0.0347. The Bertz CT molecular complexity index is 245. The summed E-state index contributed by atoms with van der Waals surface area (Å²) in [6.07, 6.45) is 2.31. The number of nitrogens with one attached hydrogen (secondary N) is 1. The quantitative estimate of drug-likeness (QED) is 0.777. The van der Waals surface area contributed by atoms with Crippen molar-refractivity contribution in [3.63, 3.8) is 0 Å². The summed E-state index contributed by atoms with van der Waals surface area (Å²) in [6.45, 7) is 13.0. The summed E-state index contributed by atoms with van der Waals surface area (Å²) < 4.78 is 0. The van der Waals surface area contributed by atoms with E-state index in [1.54, 1.807) is 0 Å². The van der Waals surface area contributed by atoms with Crippen LogP contribution in [0.3, 0.4) is 0 Å². The highest BCUT2D eigenvalue weighted by Crippen LogP contribution is 2.14. The van der Waals surface area contributed by atoms with Crippen molar-refractivity contribution in [2.24, 2.45) is 0 Å². The molecule has 1 aliphatic rings. The third-order valence-electron chi connectivity index (χ3n) is 4.00. The number of likely N-dealkylation sites (tertiary alicyclic amines) is 1. The Morgan fingerprint density at radius 1 is 1.28 bits per heavy atom. The summed E-state index contributed by atoms with van der Waals surface area (Å²) >= 11 is 0. The molecule has 1 atom stereocenters. The van der Waals surface area contributed by atoms with Gasteiger partial charge < -0.3 is 10.2 Å². The van der Waals surface area contributed by atoms with Crippen LogP contribution in [-0.4, -0.2) is 60.5 Å². The number of hydrogen-bond donors (Lipinski definition) is 1. The molecule has 0 aromatic carbocycles. The first kappa shape index (κ1) is 15.4. The van der Waals surface area contributed by atoms with Gasteiger partial charge in [-0.25, -0.2) is 0 Å². The zero-order valence-corrected chi connectivity index (χ0v) is 12.4. The second-order valence-electron chi connectivity index (χ2n) is 5.05. The first-order valence-corrected chi connectivity index (χ1v) is 7.40. The van der Waals surface area contributed by atoms with Gasteiger partial charge in [0.25, 0.3) is 0 Å². The molecule has 1 unspecified atom stereocenters. The van der Waals surface area contributed by atoms with Gasteiger partial charge in [-0.15, -0.1) is 0 Å². The van der Waals surface area contributed by atoms with Gasteiger partial charge in [0.05, 0.1) is 6.04 Å². The smallest absolute Gasteiger partial charge is 0.239 e. The molecule has 1 amide bonds. The van der Waals surface area contributed by atoms with Crippen LogP contribution in [0.4, 0.5) is 0 Å². The monoisotopic (exact) mass is 255 g/mol. The largest absolute Gasteiger partial charge is 0.342 e. The first-order valence-electron chi connectivity index (χ1n) is 7.40. The van der Waals surface area contributed by atoms with Crippen LogP contribution in [-0.2, 0) is 4.79 Å². The minimum Gasteiger partial charge on any atom is -0.342 e. The van der Waals surface area contributed by atoms with Gasteiger partial charge in [0.2, 0.25) is 5.91 Å². The van der Waals surface area contributed by atoms with Gasteiger partial charge in [0.1, 0.15) is 0 Å². The summed E-state index contributed by atoms with van der Waals surface area (Å²) in [5.74, 6) is 0.280. The molecular formula is C14H29N3O. The van der Waals surface area contributed by atoms with Crippen LogP contribution in [0.2, 0.25) is 0 Å². The SMILES string of the molecule is CCNC1CCN(C(C)C(=O)N(CC)CC)CC1. The molecule has 0 radical (unpaired) electrons. The fourth-order valence-electron chi connectivity index (χ4n) is 2.74. The maximum Gasteiger partial charge on any atom is 0.239 e. The van der Waals surface area contributed by atoms with E-state index in [-0.39, 0.29) is 11.9 Å². The molecule has 18 heavy (non-hydrogen) atoms. The molecular weight excluding hydrogens is 226 g/mol. The van der Waals surface area contributed by atoms with Crippen LogP contribution in [0.1, 0.15) is 40.5 Å². The van der Waals surface area contributed by atoms with Gasteiger partial charge in [-0.2, -0.15) is 0 Å². The molecule has 1 heterocycles. The molecule has 1 saturated heterocycles. The van der Waals surface area contributed by atoms with Crippen LogP contribution in [0, 0.1) is 0 Å². The number of hydrogen-bond acceptors (Lipinski definition) is 3. The molecule has 1 fully saturated rings. The Hall–Kier alpha value is -0.610. The van der Waals surface area contributed by atoms with Crippen LogP contribution in [0.25, 0.3) is 0 Å². The maximum absolute atomic E-state index is 12.3. The Balaban J connectivity index is 2.44. The van der Waals surface area contributed by atoms with E-state index in [0.717, 1.165) is 45.6 Å². The Kier molecular flexibility index (Phi) is 6.65. The Morgan fingerprint density at radius 3 is 2.28 bits per heavy atom. The lowest BCUT2D eigenvalue weighted by molar-refractivity contribution is -0.136. The normalized spacial score (nSPS) is 19.8. The van der Waals surface area contributed by atoms with Crippen LogP contribution in [0.5, 0.6) is 0 Å². The molecule has 1 rings (SSSR count). The second-order valence-corrected chi connectivity index (χ2v) is 5.05. The van der Waals surface area contributed by atoms with Crippen molar-refractivity contribution in [1.82, 2.24) is 15.1 Å². The molecule has 0 aromatic rings. The molecule has 4 nitrogen and oxygen atoms in total. The number of nitrogens with zero attached hydrogens (tertiary/aromatic N) is 2. The number of carbonyl (C=O) groups is 1. The number of amides is 1. The fourth-order valence-corrected chi connectivity index (χ4v) is 2.74. The number of likely N-dealkylation sites (N-methyl/N-ethyl adjacent to an activating group) is 1. The summed E-state index contributed by atoms with van der Waals surface area (Å²) in [5, 5.41) is 3.50. The van der Waals surface area contributed by atoms with E-state index in [0.29, 0.717) is 6.04 Å². The van der Waals surface area contributed by atoms with Gasteiger partial charge >= 0.3 is 0 Å². The van der Waals surface area contributed by atoms with Crippen molar-refractivity contribution in [2.45, 2.75) is 52.6 Å². The van der Waals surface area contributed by atoms with Gasteiger partial charge in [-0.05, 0) is 40.2 Å². The molecule has 0 bridgehead atoms. The number of rotatable bonds is 6. The number of carbonyl (C=O) groups excluding carboxylic acids is 1. The molecule has 0 spiro atoms. The molecule has 0 saturated carbocycles. The molecule has 1 aliphatic heterocycles. The highest BCUT2D eigenvalue weighted by Gasteiger charge is 2.28. The van der Waals surface area contributed by atoms with Crippen LogP contribution in [0.15, 0.2) is 0 Å². The molecule has 4 heteroatoms. The average molecular weight is 255 g/mol. The number of piperidine rings is 1. The topological polar surface area (TPSA) is 35.6 Å². The van der Waals surface area contributed by atoms with E-state index in [1.165, 1.54) is 0 Å². The average Bonchev–Trinajstić information content (AvgIpc) is 2.40. The van der Waals surface area contributed by atoms with E-state index in [1.807, 2.05) is 25.7 Å². The zero-order chi connectivity index (χ0) is 13.5. The Labute approximate surface area is 112 Å². The predicted octanol–water partition coefficient (Wildman–Crippen LogP) is 1.32. The Morgan fingerprint density at radius 2 is 1.83 bits per heavy atom. The molecule has 106 valence electrons. The van der Waals surface area contributed by atoms with E-state index in [4.69, 9.17) is 0 Å². The van der Waals surface area contributed by atoms with Crippen molar-refractivity contribution < 1.29 is 4.79 Å². The summed E-state index contributed by atoms with van der Waals surface area (Å²) in [6, 6.07) is 0.675. The highest BCUT2D eigenvalue weighted by atomic mass is 16.2. The summed E-state index contributed by atoms with van der Waals surface area (Å²) in [7, 11) is 0. The van der Waals surface area contributed by atoms with Gasteiger partial charge in [-0.1, -0.05) is 6.92 Å². The fraction of sp³-hybridized carbons (Fsp3) is 0.929. The lowest BCUT2D eigenvalue weighted by Gasteiger charge is -2.37. The lowest BCUT2D eigenvalue weighted by Crippen LogP contribution is -2.51. The highest BCUT2D eigenvalue weighted by molar-refractivity contribution is 5.81. The molecule has 1 N–H and O–H groups in total. The van der Waals surface area contributed by atoms with Crippen molar-refractivity contribution in [2.75, 3.05) is 32.7 Å². The summed E-state index contributed by atoms with van der Waals surface area (Å²) in [5.41, 5.74) is 0. The van der Waals surface area contributed by atoms with Crippen LogP contribution >= 0.6 is 0 Å². The second kappa shape index (κ2) is 7.74. The lowest BCUT2D eigenvalue weighted by atomic mass is 10.0. The van der Waals surface area contributed by atoms with Gasteiger partial charge in [0.15, 0.2) is 0 Å². The van der Waals surface area contributed by atoms with E-state index < -0.39 is 0 Å². The maximum atomic E-state index is 12.3. The third kappa shape index (κ3) is 3.95. The van der Waals surface area contributed by atoms with Gasteiger partial charge in [0, 0.05) is 32.2 Å². The molecule has 0 aliphatic carbocycles. The third-order valence-corrected chi connectivity index (χ3v) is 4.00. The standard InChI is InChI=1S/C14H29N3O/c1-5-15-13-8-10-17(11-9-13)12(4)14(18)16(6-2)7-3/h12-13,15H,5-11H2,1-4H3. The van der Waals surface area contributed by atoms with Crippen molar-refractivity contribution >= 4 is 5.91 Å². The van der Waals surface area contributed by atoms with E-state index in [9.17, 15) is 4.79 Å². The molecule has 0 aromatic heterocycles. The first-order chi connectivity index (χ1) is 8.63. The predicted molar refractivity (Wildman–Crippen MR) is 75.7 cm³/mol. The minimum absolute atomic E-state index is 0.0347. The van der Waals surface area contributed by atoms with Crippen LogP contribution < -0.4 is 5.32 Å². The van der Waals surface area contributed by atoms with Gasteiger partial charge in [-0.3, -0.25) is 9.69 Å². The summed E-state index contributed by atoms with van der Waals surface area (Å²) in [4.78, 5) is 16.5. The zero-order valence-electron chi connectivity index (χ0n) is 12.4.